The lowest BCUT2D eigenvalue weighted by molar-refractivity contribution is -0.137. The van der Waals surface area contributed by atoms with E-state index >= 15 is 0 Å². The first-order chi connectivity index (χ1) is 9.56. The van der Waals surface area contributed by atoms with E-state index in [1.165, 1.54) is 12.3 Å². The summed E-state index contributed by atoms with van der Waals surface area (Å²) in [5.41, 5.74) is 0.258. The average Bonchev–Trinajstić information content (AvgIpc) is 2.45. The number of amides is 1. The number of aromatic nitrogens is 1. The minimum Gasteiger partial charge on any atom is -0.481 e. The molecule has 1 N–H and O–H groups in total. The summed E-state index contributed by atoms with van der Waals surface area (Å²) in [6.07, 6.45) is 4.84. The zero-order valence-electron chi connectivity index (χ0n) is 11.1. The van der Waals surface area contributed by atoms with E-state index in [2.05, 4.69) is 4.98 Å². The molecule has 1 aromatic heterocycles. The number of carbonyl (C=O) groups excluding carboxylic acids is 1. The number of hydrogen-bond acceptors (Lipinski definition) is 3. The summed E-state index contributed by atoms with van der Waals surface area (Å²) in [6.45, 7) is 1.17. The molecule has 0 radical (unpaired) electrons. The Kier molecular flexibility index (Phi) is 4.65. The second kappa shape index (κ2) is 6.45. The molecule has 1 aliphatic heterocycles. The summed E-state index contributed by atoms with van der Waals surface area (Å²) >= 11 is 0. The summed E-state index contributed by atoms with van der Waals surface area (Å²) in [6, 6.07) is 1.19. The van der Waals surface area contributed by atoms with Crippen molar-refractivity contribution in [1.82, 2.24) is 9.88 Å². The molecule has 0 atom stereocenters. The third-order valence-electron chi connectivity index (χ3n) is 3.62. The Morgan fingerprint density at radius 2 is 2.05 bits per heavy atom. The second-order valence-corrected chi connectivity index (χ2v) is 5.06. The van der Waals surface area contributed by atoms with Gasteiger partial charge in [0.1, 0.15) is 5.82 Å². The molecule has 2 heterocycles. The van der Waals surface area contributed by atoms with Crippen LogP contribution in [-0.4, -0.2) is 40.0 Å². The molecule has 0 unspecified atom stereocenters. The van der Waals surface area contributed by atoms with Crippen molar-refractivity contribution >= 4 is 11.9 Å². The minimum absolute atomic E-state index is 0.173. The summed E-state index contributed by atoms with van der Waals surface area (Å²) in [5, 5.41) is 8.65. The maximum atomic E-state index is 13.0. The van der Waals surface area contributed by atoms with Crippen molar-refractivity contribution in [2.24, 2.45) is 5.92 Å². The van der Waals surface area contributed by atoms with Gasteiger partial charge in [-0.1, -0.05) is 0 Å². The molecule has 1 saturated heterocycles. The van der Waals surface area contributed by atoms with Crippen molar-refractivity contribution in [3.05, 3.63) is 29.8 Å². The predicted molar refractivity (Wildman–Crippen MR) is 69.7 cm³/mol. The van der Waals surface area contributed by atoms with Crippen LogP contribution in [0.25, 0.3) is 0 Å². The Bertz CT molecular complexity index is 499. The number of pyridine rings is 1. The van der Waals surface area contributed by atoms with Crippen LogP contribution in [0.3, 0.4) is 0 Å². The van der Waals surface area contributed by atoms with E-state index in [0.29, 0.717) is 25.4 Å². The number of aliphatic carboxylic acids is 1. The van der Waals surface area contributed by atoms with Gasteiger partial charge in [-0.2, -0.15) is 0 Å². The number of carboxylic acid groups (broad SMARTS) is 1. The van der Waals surface area contributed by atoms with E-state index in [0.717, 1.165) is 19.0 Å². The van der Waals surface area contributed by atoms with Gasteiger partial charge >= 0.3 is 5.97 Å². The number of likely N-dealkylation sites (tertiary alicyclic amines) is 1. The first kappa shape index (κ1) is 14.4. The van der Waals surface area contributed by atoms with Crippen LogP contribution in [0.2, 0.25) is 0 Å². The number of halogens is 1. The van der Waals surface area contributed by atoms with Crippen molar-refractivity contribution in [3.63, 3.8) is 0 Å². The van der Waals surface area contributed by atoms with Crippen molar-refractivity contribution in [2.75, 3.05) is 13.1 Å². The zero-order chi connectivity index (χ0) is 14.5. The summed E-state index contributed by atoms with van der Waals surface area (Å²) in [7, 11) is 0. The van der Waals surface area contributed by atoms with Gasteiger partial charge in [0.15, 0.2) is 0 Å². The minimum atomic E-state index is -0.783. The quantitative estimate of drug-likeness (QED) is 0.915. The molecule has 2 rings (SSSR count). The number of carboxylic acids is 1. The molecule has 1 aliphatic rings. The van der Waals surface area contributed by atoms with Gasteiger partial charge < -0.3 is 10.0 Å². The Hall–Kier alpha value is -1.98. The first-order valence-electron chi connectivity index (χ1n) is 6.68. The highest BCUT2D eigenvalue weighted by atomic mass is 19.1. The van der Waals surface area contributed by atoms with E-state index in [-0.39, 0.29) is 17.9 Å². The lowest BCUT2D eigenvalue weighted by Crippen LogP contribution is -2.38. The molecular formula is C14H17FN2O3. The molecule has 5 nitrogen and oxygen atoms in total. The SMILES string of the molecule is O=C(O)CCC1CCN(C(=O)c2cncc(F)c2)CC1. The van der Waals surface area contributed by atoms with Crippen LogP contribution in [0, 0.1) is 11.7 Å². The van der Waals surface area contributed by atoms with Crippen LogP contribution in [0.5, 0.6) is 0 Å². The highest BCUT2D eigenvalue weighted by molar-refractivity contribution is 5.93. The number of hydrogen-bond donors (Lipinski definition) is 1. The monoisotopic (exact) mass is 280 g/mol. The third kappa shape index (κ3) is 3.76. The van der Waals surface area contributed by atoms with Crippen LogP contribution in [0.15, 0.2) is 18.5 Å². The molecule has 0 aromatic carbocycles. The smallest absolute Gasteiger partial charge is 0.303 e. The highest BCUT2D eigenvalue weighted by Gasteiger charge is 2.24. The molecule has 1 fully saturated rings. The van der Waals surface area contributed by atoms with Gasteiger partial charge in [-0.15, -0.1) is 0 Å². The van der Waals surface area contributed by atoms with Crippen LogP contribution >= 0.6 is 0 Å². The summed E-state index contributed by atoms with van der Waals surface area (Å²) in [4.78, 5) is 28.0. The first-order valence-corrected chi connectivity index (χ1v) is 6.68. The van der Waals surface area contributed by atoms with Crippen LogP contribution < -0.4 is 0 Å². The van der Waals surface area contributed by atoms with Gasteiger partial charge in [0, 0.05) is 25.7 Å². The van der Waals surface area contributed by atoms with Crippen molar-refractivity contribution in [1.29, 1.82) is 0 Å². The maximum absolute atomic E-state index is 13.0. The Morgan fingerprint density at radius 1 is 1.35 bits per heavy atom. The number of rotatable bonds is 4. The molecular weight excluding hydrogens is 263 g/mol. The zero-order valence-corrected chi connectivity index (χ0v) is 11.1. The third-order valence-corrected chi connectivity index (χ3v) is 3.62. The molecule has 1 aromatic rings. The van der Waals surface area contributed by atoms with E-state index in [1.807, 2.05) is 0 Å². The van der Waals surface area contributed by atoms with Crippen LogP contribution in [0.4, 0.5) is 4.39 Å². The van der Waals surface area contributed by atoms with E-state index in [1.54, 1.807) is 4.90 Å². The van der Waals surface area contributed by atoms with Gasteiger partial charge in [-0.05, 0) is 31.2 Å². The summed E-state index contributed by atoms with van der Waals surface area (Å²) in [5.74, 6) is -1.17. The number of nitrogens with zero attached hydrogens (tertiary/aromatic N) is 2. The average molecular weight is 280 g/mol. The van der Waals surface area contributed by atoms with E-state index in [9.17, 15) is 14.0 Å². The van der Waals surface area contributed by atoms with Crippen LogP contribution in [-0.2, 0) is 4.79 Å². The molecule has 0 bridgehead atoms. The standard InChI is InChI=1S/C14H17FN2O3/c15-12-7-11(8-16-9-12)14(20)17-5-3-10(4-6-17)1-2-13(18)19/h7-10H,1-6H2,(H,18,19). The number of piperidine rings is 1. The maximum Gasteiger partial charge on any atom is 0.303 e. The molecule has 0 aliphatic carbocycles. The van der Waals surface area contributed by atoms with E-state index in [4.69, 9.17) is 5.11 Å². The lowest BCUT2D eigenvalue weighted by atomic mass is 9.92. The molecule has 1 amide bonds. The highest BCUT2D eigenvalue weighted by Crippen LogP contribution is 2.23. The Labute approximate surface area is 116 Å². The number of carbonyl (C=O) groups is 2. The van der Waals surface area contributed by atoms with Crippen molar-refractivity contribution < 1.29 is 19.1 Å². The molecule has 108 valence electrons. The molecule has 0 spiro atoms. The van der Waals surface area contributed by atoms with Crippen LogP contribution in [0.1, 0.15) is 36.0 Å². The topological polar surface area (TPSA) is 70.5 Å². The fourth-order valence-corrected chi connectivity index (χ4v) is 2.46. The normalized spacial score (nSPS) is 16.1. The molecule has 20 heavy (non-hydrogen) atoms. The van der Waals surface area contributed by atoms with Gasteiger partial charge in [0.25, 0.3) is 5.91 Å². The molecule has 0 saturated carbocycles. The van der Waals surface area contributed by atoms with Gasteiger partial charge in [-0.25, -0.2) is 4.39 Å². The van der Waals surface area contributed by atoms with Gasteiger partial charge in [0.2, 0.25) is 0 Å². The van der Waals surface area contributed by atoms with E-state index < -0.39 is 11.8 Å². The summed E-state index contributed by atoms with van der Waals surface area (Å²) < 4.78 is 13.0. The van der Waals surface area contributed by atoms with Crippen molar-refractivity contribution in [3.8, 4) is 0 Å². The Balaban J connectivity index is 1.87. The van der Waals surface area contributed by atoms with Crippen molar-refractivity contribution in [2.45, 2.75) is 25.7 Å². The Morgan fingerprint density at radius 3 is 2.65 bits per heavy atom. The largest absolute Gasteiger partial charge is 0.481 e. The fourth-order valence-electron chi connectivity index (χ4n) is 2.46. The molecule has 6 heteroatoms. The van der Waals surface area contributed by atoms with Gasteiger partial charge in [-0.3, -0.25) is 14.6 Å². The lowest BCUT2D eigenvalue weighted by Gasteiger charge is -2.31. The second-order valence-electron chi connectivity index (χ2n) is 5.06. The van der Waals surface area contributed by atoms with Gasteiger partial charge in [0.05, 0.1) is 11.8 Å². The fraction of sp³-hybridized carbons (Fsp3) is 0.500. The predicted octanol–water partition coefficient (Wildman–Crippen LogP) is 1.94.